The lowest BCUT2D eigenvalue weighted by Crippen LogP contribution is -2.36. The van der Waals surface area contributed by atoms with Crippen LogP contribution in [0, 0.1) is 12.8 Å². The standard InChI is InChI=1S/C17H24N4O2S/c1-14-9-17-19-11-16(12-21(17)20-14)10-18-7-8-24(22,23)13-15-5-3-2-4-6-15/h2-6,9,16,18-19H,7-8,10-13H2,1H3. The lowest BCUT2D eigenvalue weighted by molar-refractivity contribution is 0.394. The van der Waals surface area contributed by atoms with Crippen molar-refractivity contribution in [1.82, 2.24) is 15.1 Å². The van der Waals surface area contributed by atoms with Crippen LogP contribution in [0.3, 0.4) is 0 Å². The van der Waals surface area contributed by atoms with E-state index in [2.05, 4.69) is 15.7 Å². The van der Waals surface area contributed by atoms with Crippen LogP contribution >= 0.6 is 0 Å². The summed E-state index contributed by atoms with van der Waals surface area (Å²) in [5.41, 5.74) is 1.86. The lowest BCUT2D eigenvalue weighted by atomic mass is 10.1. The van der Waals surface area contributed by atoms with E-state index in [4.69, 9.17) is 0 Å². The fourth-order valence-electron chi connectivity index (χ4n) is 2.96. The van der Waals surface area contributed by atoms with E-state index in [1.165, 1.54) is 0 Å². The Hall–Kier alpha value is -1.86. The Kier molecular flexibility index (Phi) is 5.20. The van der Waals surface area contributed by atoms with Gasteiger partial charge in [-0.1, -0.05) is 30.3 Å². The first-order chi connectivity index (χ1) is 11.5. The van der Waals surface area contributed by atoms with Gasteiger partial charge in [0, 0.05) is 38.2 Å². The first-order valence-electron chi connectivity index (χ1n) is 8.25. The van der Waals surface area contributed by atoms with Gasteiger partial charge in [0.2, 0.25) is 0 Å². The number of aromatic nitrogens is 2. The van der Waals surface area contributed by atoms with Crippen molar-refractivity contribution in [3.05, 3.63) is 47.7 Å². The maximum absolute atomic E-state index is 12.2. The van der Waals surface area contributed by atoms with Crippen molar-refractivity contribution >= 4 is 15.7 Å². The van der Waals surface area contributed by atoms with Crippen LogP contribution in [-0.4, -0.2) is 43.6 Å². The predicted octanol–water partition coefficient (Wildman–Crippen LogP) is 1.44. The number of aryl methyl sites for hydroxylation is 1. The summed E-state index contributed by atoms with van der Waals surface area (Å²) in [7, 11) is -3.08. The third-order valence-corrected chi connectivity index (χ3v) is 5.76. The molecule has 1 aromatic heterocycles. The molecule has 24 heavy (non-hydrogen) atoms. The van der Waals surface area contributed by atoms with Crippen LogP contribution < -0.4 is 10.6 Å². The highest BCUT2D eigenvalue weighted by molar-refractivity contribution is 7.90. The van der Waals surface area contributed by atoms with Crippen LogP contribution in [0.4, 0.5) is 5.82 Å². The minimum atomic E-state index is -3.08. The van der Waals surface area contributed by atoms with Crippen molar-refractivity contribution in [2.45, 2.75) is 19.2 Å². The molecular weight excluding hydrogens is 324 g/mol. The predicted molar refractivity (Wildman–Crippen MR) is 95.7 cm³/mol. The zero-order chi connectivity index (χ0) is 17.0. The fourth-order valence-corrected chi connectivity index (χ4v) is 4.26. The van der Waals surface area contributed by atoms with Crippen LogP contribution in [0.5, 0.6) is 0 Å². The summed E-state index contributed by atoms with van der Waals surface area (Å²) in [5.74, 6) is 1.74. The van der Waals surface area contributed by atoms with Gasteiger partial charge < -0.3 is 10.6 Å². The lowest BCUT2D eigenvalue weighted by Gasteiger charge is -2.25. The number of nitrogens with zero attached hydrogens (tertiary/aromatic N) is 2. The van der Waals surface area contributed by atoms with Gasteiger partial charge in [0.15, 0.2) is 9.84 Å². The van der Waals surface area contributed by atoms with Gasteiger partial charge in [-0.25, -0.2) is 13.1 Å². The number of hydrogen-bond donors (Lipinski definition) is 2. The summed E-state index contributed by atoms with van der Waals surface area (Å²) in [4.78, 5) is 0. The van der Waals surface area contributed by atoms with Gasteiger partial charge in [0.05, 0.1) is 17.2 Å². The molecule has 0 bridgehead atoms. The molecule has 6 nitrogen and oxygen atoms in total. The van der Waals surface area contributed by atoms with Crippen LogP contribution in [0.15, 0.2) is 36.4 Å². The van der Waals surface area contributed by atoms with E-state index >= 15 is 0 Å². The molecule has 1 atom stereocenters. The van der Waals surface area contributed by atoms with Crippen molar-refractivity contribution in [2.75, 3.05) is 30.7 Å². The molecule has 3 rings (SSSR count). The minimum Gasteiger partial charge on any atom is -0.370 e. The molecule has 0 saturated carbocycles. The second kappa shape index (κ2) is 7.36. The van der Waals surface area contributed by atoms with E-state index in [-0.39, 0.29) is 11.5 Å². The number of anilines is 1. The minimum absolute atomic E-state index is 0.108. The summed E-state index contributed by atoms with van der Waals surface area (Å²) in [6, 6.07) is 11.4. The maximum atomic E-state index is 12.2. The molecule has 130 valence electrons. The molecule has 0 aliphatic carbocycles. The highest BCUT2D eigenvalue weighted by Gasteiger charge is 2.19. The number of fused-ring (bicyclic) bond motifs is 1. The van der Waals surface area contributed by atoms with E-state index in [0.717, 1.165) is 36.7 Å². The number of benzene rings is 1. The summed E-state index contributed by atoms with van der Waals surface area (Å²) in [6.45, 7) is 5.00. The molecule has 0 saturated heterocycles. The van der Waals surface area contributed by atoms with Gasteiger partial charge in [0.25, 0.3) is 0 Å². The van der Waals surface area contributed by atoms with Crippen molar-refractivity contribution in [3.8, 4) is 0 Å². The van der Waals surface area contributed by atoms with E-state index < -0.39 is 9.84 Å². The Morgan fingerprint density at radius 3 is 2.92 bits per heavy atom. The number of hydrogen-bond acceptors (Lipinski definition) is 5. The maximum Gasteiger partial charge on any atom is 0.155 e. The molecule has 0 radical (unpaired) electrons. The molecule has 1 aliphatic heterocycles. The van der Waals surface area contributed by atoms with E-state index in [0.29, 0.717) is 12.5 Å². The molecular formula is C17H24N4O2S. The van der Waals surface area contributed by atoms with E-state index in [1.54, 1.807) is 0 Å². The molecule has 2 N–H and O–H groups in total. The SMILES string of the molecule is Cc1cc2n(n1)CC(CNCCS(=O)(=O)Cc1ccccc1)CN2. The Morgan fingerprint density at radius 2 is 2.12 bits per heavy atom. The van der Waals surface area contributed by atoms with E-state index in [1.807, 2.05) is 48.0 Å². The van der Waals surface area contributed by atoms with Gasteiger partial charge >= 0.3 is 0 Å². The monoisotopic (exact) mass is 348 g/mol. The molecule has 0 spiro atoms. The highest BCUT2D eigenvalue weighted by atomic mass is 32.2. The quantitative estimate of drug-likeness (QED) is 0.741. The van der Waals surface area contributed by atoms with Gasteiger partial charge in [-0.2, -0.15) is 5.10 Å². The molecule has 0 fully saturated rings. The van der Waals surface area contributed by atoms with Crippen molar-refractivity contribution in [2.24, 2.45) is 5.92 Å². The third kappa shape index (κ3) is 4.58. The largest absolute Gasteiger partial charge is 0.370 e. The van der Waals surface area contributed by atoms with Gasteiger partial charge in [-0.3, -0.25) is 0 Å². The van der Waals surface area contributed by atoms with Crippen LogP contribution in [0.25, 0.3) is 0 Å². The summed E-state index contributed by atoms with van der Waals surface area (Å²) in [6.07, 6.45) is 0. The van der Waals surface area contributed by atoms with Crippen LogP contribution in [0.2, 0.25) is 0 Å². The average Bonchev–Trinajstić information content (AvgIpc) is 2.91. The summed E-state index contributed by atoms with van der Waals surface area (Å²) >= 11 is 0. The van der Waals surface area contributed by atoms with Crippen LogP contribution in [0.1, 0.15) is 11.3 Å². The molecule has 0 amide bonds. The fraction of sp³-hybridized carbons (Fsp3) is 0.471. The molecule has 2 heterocycles. The van der Waals surface area contributed by atoms with Gasteiger partial charge in [-0.15, -0.1) is 0 Å². The van der Waals surface area contributed by atoms with Crippen molar-refractivity contribution < 1.29 is 8.42 Å². The van der Waals surface area contributed by atoms with Crippen molar-refractivity contribution in [3.63, 3.8) is 0 Å². The average molecular weight is 348 g/mol. The first-order valence-corrected chi connectivity index (χ1v) is 10.1. The number of rotatable bonds is 7. The highest BCUT2D eigenvalue weighted by Crippen LogP contribution is 2.17. The van der Waals surface area contributed by atoms with Gasteiger partial charge in [-0.05, 0) is 12.5 Å². The Balaban J connectivity index is 1.41. The Labute approximate surface area is 143 Å². The number of sulfone groups is 1. The Bertz CT molecular complexity index is 771. The molecule has 1 unspecified atom stereocenters. The normalized spacial score (nSPS) is 17.3. The molecule has 1 aliphatic rings. The first kappa shape index (κ1) is 17.0. The molecule has 7 heteroatoms. The third-order valence-electron chi connectivity index (χ3n) is 4.16. The van der Waals surface area contributed by atoms with Gasteiger partial charge in [0.1, 0.15) is 5.82 Å². The zero-order valence-corrected chi connectivity index (χ0v) is 14.7. The summed E-state index contributed by atoms with van der Waals surface area (Å²) < 4.78 is 26.3. The number of nitrogens with one attached hydrogen (secondary N) is 2. The van der Waals surface area contributed by atoms with Crippen LogP contribution in [-0.2, 0) is 22.1 Å². The second-order valence-corrected chi connectivity index (χ2v) is 8.57. The van der Waals surface area contributed by atoms with E-state index in [9.17, 15) is 8.42 Å². The summed E-state index contributed by atoms with van der Waals surface area (Å²) in [5, 5.41) is 11.1. The smallest absolute Gasteiger partial charge is 0.155 e. The second-order valence-electron chi connectivity index (χ2n) is 6.38. The van der Waals surface area contributed by atoms with Crippen molar-refractivity contribution in [1.29, 1.82) is 0 Å². The topological polar surface area (TPSA) is 76.0 Å². The zero-order valence-electron chi connectivity index (χ0n) is 13.9. The Morgan fingerprint density at radius 1 is 1.33 bits per heavy atom. The molecule has 1 aromatic carbocycles. The molecule has 2 aromatic rings.